The van der Waals surface area contributed by atoms with Crippen LogP contribution in [0.2, 0.25) is 0 Å². The molecule has 1 fully saturated rings. The van der Waals surface area contributed by atoms with Crippen LogP contribution in [0.4, 0.5) is 4.79 Å². The van der Waals surface area contributed by atoms with Crippen LogP contribution in [0.15, 0.2) is 48.5 Å². The summed E-state index contributed by atoms with van der Waals surface area (Å²) in [4.78, 5) is 36.5. The van der Waals surface area contributed by atoms with Crippen molar-refractivity contribution in [2.45, 2.75) is 57.9 Å². The third-order valence-corrected chi connectivity index (χ3v) is 7.34. The minimum Gasteiger partial charge on any atom is -0.481 e. The summed E-state index contributed by atoms with van der Waals surface area (Å²) in [7, 11) is 0. The first-order valence-corrected chi connectivity index (χ1v) is 12.4. The molecule has 186 valence electrons. The van der Waals surface area contributed by atoms with E-state index in [-0.39, 0.29) is 24.5 Å². The van der Waals surface area contributed by atoms with Crippen LogP contribution in [0.5, 0.6) is 0 Å². The van der Waals surface area contributed by atoms with Gasteiger partial charge >= 0.3 is 12.1 Å². The zero-order chi connectivity index (χ0) is 25.0. The van der Waals surface area contributed by atoms with E-state index in [0.29, 0.717) is 25.8 Å². The molecule has 2 aliphatic rings. The van der Waals surface area contributed by atoms with E-state index in [1.807, 2.05) is 38.1 Å². The van der Waals surface area contributed by atoms with Gasteiger partial charge < -0.3 is 20.5 Å². The van der Waals surface area contributed by atoms with Gasteiger partial charge in [0.25, 0.3) is 0 Å². The zero-order valence-corrected chi connectivity index (χ0v) is 20.4. The van der Waals surface area contributed by atoms with Crippen LogP contribution in [0.3, 0.4) is 0 Å². The number of carbonyl (C=O) groups excluding carboxylic acids is 2. The first-order valence-electron chi connectivity index (χ1n) is 12.4. The number of benzene rings is 2. The Balaban J connectivity index is 1.24. The lowest BCUT2D eigenvalue weighted by molar-refractivity contribution is -0.143. The Kier molecular flexibility index (Phi) is 7.43. The fraction of sp³-hybridized carbons (Fsp3) is 0.464. The second-order valence-corrected chi connectivity index (χ2v) is 10.3. The van der Waals surface area contributed by atoms with E-state index < -0.39 is 23.4 Å². The van der Waals surface area contributed by atoms with Crippen LogP contribution in [-0.4, -0.2) is 42.3 Å². The minimum absolute atomic E-state index is 0.000454. The molecule has 0 aliphatic heterocycles. The highest BCUT2D eigenvalue weighted by atomic mass is 16.5. The first-order chi connectivity index (χ1) is 16.8. The van der Waals surface area contributed by atoms with Gasteiger partial charge in [-0.2, -0.15) is 0 Å². The van der Waals surface area contributed by atoms with Crippen molar-refractivity contribution in [3.8, 4) is 11.1 Å². The third-order valence-electron chi connectivity index (χ3n) is 7.34. The van der Waals surface area contributed by atoms with E-state index in [9.17, 15) is 19.5 Å². The molecule has 0 aromatic heterocycles. The highest BCUT2D eigenvalue weighted by Crippen LogP contribution is 2.44. The summed E-state index contributed by atoms with van der Waals surface area (Å²) >= 11 is 0. The number of hydrogen-bond donors (Lipinski definition) is 3. The molecule has 4 rings (SSSR count). The van der Waals surface area contributed by atoms with Crippen molar-refractivity contribution in [3.63, 3.8) is 0 Å². The van der Waals surface area contributed by atoms with Crippen LogP contribution in [-0.2, 0) is 14.3 Å². The number of hydrogen-bond acceptors (Lipinski definition) is 4. The smallest absolute Gasteiger partial charge is 0.407 e. The van der Waals surface area contributed by atoms with Crippen molar-refractivity contribution in [1.29, 1.82) is 0 Å². The molecular formula is C28H34N2O5. The number of carbonyl (C=O) groups is 3. The fourth-order valence-corrected chi connectivity index (χ4v) is 5.17. The number of amides is 2. The summed E-state index contributed by atoms with van der Waals surface area (Å²) in [6.07, 6.45) is 2.66. The first kappa shape index (κ1) is 24.8. The topological polar surface area (TPSA) is 105 Å². The molecule has 0 radical (unpaired) electrons. The Bertz CT molecular complexity index is 1050. The normalized spacial score (nSPS) is 19.4. The predicted octanol–water partition coefficient (Wildman–Crippen LogP) is 4.70. The maximum atomic E-state index is 12.8. The molecule has 0 heterocycles. The number of nitrogens with one attached hydrogen (secondary N) is 2. The quantitative estimate of drug-likeness (QED) is 0.510. The Morgan fingerprint density at radius 2 is 1.63 bits per heavy atom. The van der Waals surface area contributed by atoms with Crippen LogP contribution in [0, 0.1) is 11.3 Å². The van der Waals surface area contributed by atoms with Crippen molar-refractivity contribution in [3.05, 3.63) is 59.7 Å². The summed E-state index contributed by atoms with van der Waals surface area (Å²) in [5, 5.41) is 15.1. The van der Waals surface area contributed by atoms with Crippen LogP contribution in [0.25, 0.3) is 11.1 Å². The highest BCUT2D eigenvalue weighted by Gasteiger charge is 2.33. The van der Waals surface area contributed by atoms with Crippen molar-refractivity contribution in [2.24, 2.45) is 11.3 Å². The van der Waals surface area contributed by atoms with Crippen molar-refractivity contribution in [2.75, 3.05) is 13.2 Å². The van der Waals surface area contributed by atoms with Gasteiger partial charge in [0, 0.05) is 23.9 Å². The van der Waals surface area contributed by atoms with Crippen LogP contribution < -0.4 is 10.6 Å². The van der Waals surface area contributed by atoms with Gasteiger partial charge in [0.2, 0.25) is 5.91 Å². The molecule has 0 spiro atoms. The Morgan fingerprint density at radius 1 is 1.00 bits per heavy atom. The largest absolute Gasteiger partial charge is 0.481 e. The summed E-state index contributed by atoms with van der Waals surface area (Å²) in [6, 6.07) is 16.3. The van der Waals surface area contributed by atoms with E-state index in [1.165, 1.54) is 11.1 Å². The number of carboxylic acids is 1. The maximum Gasteiger partial charge on any atom is 0.407 e. The lowest BCUT2D eigenvalue weighted by atomic mass is 9.83. The maximum absolute atomic E-state index is 12.8. The Labute approximate surface area is 206 Å². The predicted molar refractivity (Wildman–Crippen MR) is 133 cm³/mol. The zero-order valence-electron chi connectivity index (χ0n) is 20.4. The molecule has 35 heavy (non-hydrogen) atoms. The van der Waals surface area contributed by atoms with E-state index in [0.717, 1.165) is 24.0 Å². The van der Waals surface area contributed by atoms with Crippen LogP contribution in [0.1, 0.15) is 63.0 Å². The van der Waals surface area contributed by atoms with Gasteiger partial charge in [-0.05, 0) is 47.9 Å². The molecule has 3 N–H and O–H groups in total. The number of fused-ring (bicyclic) bond motifs is 3. The summed E-state index contributed by atoms with van der Waals surface area (Å²) in [5.41, 5.74) is 3.97. The van der Waals surface area contributed by atoms with Gasteiger partial charge in [-0.15, -0.1) is 0 Å². The van der Waals surface area contributed by atoms with Gasteiger partial charge in [-0.25, -0.2) is 4.79 Å². The second-order valence-electron chi connectivity index (χ2n) is 10.3. The van der Waals surface area contributed by atoms with Gasteiger partial charge in [-0.3, -0.25) is 9.59 Å². The standard InChI is InChI=1S/C28H34N2O5/c1-28(2,26(33)30-19-9-7-8-18(16-19)25(31)32)14-15-29-27(34)35-17-24-22-12-5-3-10-20(22)21-11-4-6-13-23(21)24/h3-6,10-13,18-19,24H,7-9,14-17H2,1-2H3,(H,29,34)(H,30,33)(H,31,32)/t18-,19-/m1/s1. The van der Waals surface area contributed by atoms with Crippen molar-refractivity contribution >= 4 is 18.0 Å². The number of alkyl carbamates (subject to hydrolysis) is 1. The molecule has 0 bridgehead atoms. The fourth-order valence-electron chi connectivity index (χ4n) is 5.17. The average Bonchev–Trinajstić information content (AvgIpc) is 3.16. The number of rotatable bonds is 8. The summed E-state index contributed by atoms with van der Waals surface area (Å²) < 4.78 is 5.56. The second kappa shape index (κ2) is 10.5. The molecule has 2 aromatic carbocycles. The Morgan fingerprint density at radius 3 is 2.26 bits per heavy atom. The Hall–Kier alpha value is -3.35. The third kappa shape index (κ3) is 5.66. The van der Waals surface area contributed by atoms with Crippen LogP contribution >= 0.6 is 0 Å². The molecule has 1 saturated carbocycles. The molecule has 2 aromatic rings. The van der Waals surface area contributed by atoms with Gasteiger partial charge in [0.05, 0.1) is 5.92 Å². The molecule has 2 amide bonds. The van der Waals surface area contributed by atoms with Crippen molar-refractivity contribution in [1.82, 2.24) is 10.6 Å². The SMILES string of the molecule is CC(C)(CCNC(=O)OCC1c2ccccc2-c2ccccc21)C(=O)N[C@@H]1CCC[C@@H](C(=O)O)C1. The monoisotopic (exact) mass is 478 g/mol. The van der Waals surface area contributed by atoms with Gasteiger partial charge in [-0.1, -0.05) is 68.8 Å². The lowest BCUT2D eigenvalue weighted by Gasteiger charge is -2.31. The number of ether oxygens (including phenoxy) is 1. The lowest BCUT2D eigenvalue weighted by Crippen LogP contribution is -2.46. The van der Waals surface area contributed by atoms with Gasteiger partial charge in [0.1, 0.15) is 6.61 Å². The molecule has 0 saturated heterocycles. The summed E-state index contributed by atoms with van der Waals surface area (Å²) in [6.45, 7) is 4.22. The molecule has 2 aliphatic carbocycles. The number of aliphatic carboxylic acids is 1. The molecular weight excluding hydrogens is 444 g/mol. The van der Waals surface area contributed by atoms with E-state index >= 15 is 0 Å². The van der Waals surface area contributed by atoms with Crippen molar-refractivity contribution < 1.29 is 24.2 Å². The summed E-state index contributed by atoms with van der Waals surface area (Å²) in [5.74, 6) is -1.31. The molecule has 7 nitrogen and oxygen atoms in total. The average molecular weight is 479 g/mol. The minimum atomic E-state index is -0.796. The highest BCUT2D eigenvalue weighted by molar-refractivity contribution is 5.82. The number of carboxylic acid groups (broad SMARTS) is 1. The van der Waals surface area contributed by atoms with E-state index in [2.05, 4.69) is 34.9 Å². The molecule has 2 atom stereocenters. The van der Waals surface area contributed by atoms with E-state index in [4.69, 9.17) is 4.74 Å². The van der Waals surface area contributed by atoms with E-state index in [1.54, 1.807) is 0 Å². The van der Waals surface area contributed by atoms with Gasteiger partial charge in [0.15, 0.2) is 0 Å². The molecule has 0 unspecified atom stereocenters. The molecule has 7 heteroatoms.